The molecule has 0 radical (unpaired) electrons. The third-order valence-corrected chi connectivity index (χ3v) is 4.21. The quantitative estimate of drug-likeness (QED) is 0.745. The number of fused-ring (bicyclic) bond motifs is 4. The van der Waals surface area contributed by atoms with E-state index in [0.29, 0.717) is 5.75 Å². The lowest BCUT2D eigenvalue weighted by atomic mass is 9.96. The zero-order valence-electron chi connectivity index (χ0n) is 12.4. The van der Waals surface area contributed by atoms with Crippen molar-refractivity contribution in [2.45, 2.75) is 46.0 Å². The van der Waals surface area contributed by atoms with Gasteiger partial charge in [0.2, 0.25) is 0 Å². The van der Waals surface area contributed by atoms with Crippen molar-refractivity contribution in [1.82, 2.24) is 0 Å². The molecule has 1 heteroatoms. The molecule has 1 nitrogen and oxygen atoms in total. The van der Waals surface area contributed by atoms with Gasteiger partial charge in [-0.05, 0) is 73.8 Å². The minimum atomic E-state index is 0.496. The normalized spacial score (nSPS) is 14.7. The van der Waals surface area contributed by atoms with Gasteiger partial charge in [-0.25, -0.2) is 0 Å². The van der Waals surface area contributed by atoms with Crippen LogP contribution in [-0.4, -0.2) is 5.11 Å². The summed E-state index contributed by atoms with van der Waals surface area (Å²) in [5.41, 5.74) is 7.63. The van der Waals surface area contributed by atoms with Crippen molar-refractivity contribution in [2.75, 3.05) is 0 Å². The van der Waals surface area contributed by atoms with Crippen LogP contribution in [0.1, 0.15) is 46.2 Å². The lowest BCUT2D eigenvalue weighted by Gasteiger charge is -2.11. The molecule has 0 saturated carbocycles. The average molecular weight is 266 g/mol. The van der Waals surface area contributed by atoms with Crippen molar-refractivity contribution < 1.29 is 5.11 Å². The molecule has 0 aliphatic heterocycles. The Labute approximate surface area is 121 Å². The number of benzene rings is 2. The molecule has 0 saturated heterocycles. The smallest absolute Gasteiger partial charge is 0.121 e. The summed E-state index contributed by atoms with van der Waals surface area (Å²) in [5, 5.41) is 10.2. The average Bonchev–Trinajstić information content (AvgIpc) is 2.40. The van der Waals surface area contributed by atoms with Crippen molar-refractivity contribution in [2.24, 2.45) is 0 Å². The molecular weight excluding hydrogens is 244 g/mol. The Kier molecular flexibility index (Phi) is 3.52. The fourth-order valence-corrected chi connectivity index (χ4v) is 3.30. The van der Waals surface area contributed by atoms with Gasteiger partial charge < -0.3 is 5.11 Å². The Hall–Kier alpha value is -1.76. The number of aryl methyl sites for hydroxylation is 4. The number of phenols is 1. The molecule has 1 N–H and O–H groups in total. The Bertz CT molecular complexity index is 640. The highest BCUT2D eigenvalue weighted by molar-refractivity contribution is 5.45. The van der Waals surface area contributed by atoms with Gasteiger partial charge in [-0.1, -0.05) is 35.9 Å². The first-order valence-corrected chi connectivity index (χ1v) is 7.52. The number of phenolic OH excluding ortho intramolecular Hbond substituents is 1. The minimum Gasteiger partial charge on any atom is -0.507 e. The van der Waals surface area contributed by atoms with E-state index in [0.717, 1.165) is 36.8 Å². The second kappa shape index (κ2) is 5.32. The molecule has 0 amide bonds. The maximum absolute atomic E-state index is 10.2. The summed E-state index contributed by atoms with van der Waals surface area (Å²) in [6.07, 6.45) is 5.41. The highest BCUT2D eigenvalue weighted by atomic mass is 16.3. The van der Waals surface area contributed by atoms with Crippen molar-refractivity contribution in [3.63, 3.8) is 0 Å². The second-order valence-corrected chi connectivity index (χ2v) is 6.13. The minimum absolute atomic E-state index is 0.496. The van der Waals surface area contributed by atoms with E-state index in [-0.39, 0.29) is 0 Å². The molecule has 0 heterocycles. The van der Waals surface area contributed by atoms with Gasteiger partial charge in [-0.2, -0.15) is 0 Å². The highest BCUT2D eigenvalue weighted by Crippen LogP contribution is 2.28. The van der Waals surface area contributed by atoms with E-state index < -0.39 is 0 Å². The molecule has 0 atom stereocenters. The van der Waals surface area contributed by atoms with Gasteiger partial charge in [0, 0.05) is 0 Å². The van der Waals surface area contributed by atoms with E-state index in [2.05, 4.69) is 37.3 Å². The van der Waals surface area contributed by atoms with Crippen LogP contribution in [0.2, 0.25) is 0 Å². The van der Waals surface area contributed by atoms with Gasteiger partial charge in [0.25, 0.3) is 0 Å². The van der Waals surface area contributed by atoms with Crippen molar-refractivity contribution in [3.8, 4) is 5.75 Å². The first-order chi connectivity index (χ1) is 9.61. The number of hydrogen-bond acceptors (Lipinski definition) is 1. The second-order valence-electron chi connectivity index (χ2n) is 6.13. The number of hydrogen-bond donors (Lipinski definition) is 1. The van der Waals surface area contributed by atoms with Crippen LogP contribution >= 0.6 is 0 Å². The lowest BCUT2D eigenvalue weighted by molar-refractivity contribution is 0.462. The maximum atomic E-state index is 10.2. The summed E-state index contributed by atoms with van der Waals surface area (Å²) in [4.78, 5) is 0. The third kappa shape index (κ3) is 2.72. The molecular formula is C19H22O. The van der Waals surface area contributed by atoms with E-state index in [1.54, 1.807) is 0 Å². The molecule has 0 aromatic heterocycles. The Morgan fingerprint density at radius 2 is 1.50 bits per heavy atom. The van der Waals surface area contributed by atoms with Crippen LogP contribution in [0, 0.1) is 13.8 Å². The lowest BCUT2D eigenvalue weighted by Crippen LogP contribution is -1.94. The van der Waals surface area contributed by atoms with Crippen LogP contribution in [0.5, 0.6) is 5.75 Å². The molecule has 1 aliphatic carbocycles. The Morgan fingerprint density at radius 3 is 2.35 bits per heavy atom. The van der Waals surface area contributed by atoms with Gasteiger partial charge in [0.1, 0.15) is 5.75 Å². The van der Waals surface area contributed by atoms with Gasteiger partial charge in [-0.3, -0.25) is 0 Å². The molecule has 3 rings (SSSR count). The molecule has 0 spiro atoms. The van der Waals surface area contributed by atoms with Crippen LogP contribution in [0.25, 0.3) is 0 Å². The summed E-state index contributed by atoms with van der Waals surface area (Å²) in [6.45, 7) is 4.18. The van der Waals surface area contributed by atoms with E-state index >= 15 is 0 Å². The van der Waals surface area contributed by atoms with Gasteiger partial charge in [0.15, 0.2) is 0 Å². The van der Waals surface area contributed by atoms with Crippen molar-refractivity contribution in [1.29, 1.82) is 0 Å². The zero-order valence-corrected chi connectivity index (χ0v) is 12.4. The van der Waals surface area contributed by atoms with Crippen LogP contribution < -0.4 is 0 Å². The summed E-state index contributed by atoms with van der Waals surface area (Å²) in [7, 11) is 0. The van der Waals surface area contributed by atoms with E-state index in [1.165, 1.54) is 28.7 Å². The molecule has 1 aliphatic rings. The number of rotatable bonds is 0. The SMILES string of the molecule is Cc1cc2cc(c1)Cc1cc(C)c(O)c(c1)CCCC2. The first kappa shape index (κ1) is 13.2. The molecule has 2 aromatic carbocycles. The topological polar surface area (TPSA) is 20.2 Å². The molecule has 104 valence electrons. The van der Waals surface area contributed by atoms with Gasteiger partial charge in [-0.15, -0.1) is 0 Å². The van der Waals surface area contributed by atoms with Crippen LogP contribution in [0.4, 0.5) is 0 Å². The summed E-state index contributed by atoms with van der Waals surface area (Å²) in [5.74, 6) is 0.496. The summed E-state index contributed by atoms with van der Waals surface area (Å²) < 4.78 is 0. The highest BCUT2D eigenvalue weighted by Gasteiger charge is 2.10. The monoisotopic (exact) mass is 266 g/mol. The molecule has 20 heavy (non-hydrogen) atoms. The molecule has 2 aromatic rings. The van der Waals surface area contributed by atoms with Gasteiger partial charge >= 0.3 is 0 Å². The summed E-state index contributed by atoms with van der Waals surface area (Å²) >= 11 is 0. The van der Waals surface area contributed by atoms with Crippen molar-refractivity contribution >= 4 is 0 Å². The van der Waals surface area contributed by atoms with Crippen LogP contribution in [0.15, 0.2) is 30.3 Å². The van der Waals surface area contributed by atoms with Crippen LogP contribution in [-0.2, 0) is 19.3 Å². The fraction of sp³-hybridized carbons (Fsp3) is 0.368. The van der Waals surface area contributed by atoms with E-state index in [9.17, 15) is 5.11 Å². The third-order valence-electron chi connectivity index (χ3n) is 4.21. The first-order valence-electron chi connectivity index (χ1n) is 7.52. The van der Waals surface area contributed by atoms with Gasteiger partial charge in [0.05, 0.1) is 0 Å². The predicted octanol–water partition coefficient (Wildman–Crippen LogP) is 4.48. The standard InChI is InChI=1S/C19H22O/c1-13-7-15-5-3-4-6-18-12-17(9-14(2)19(18)20)11-16(8-13)10-15/h7-10,12,20H,3-6,11H2,1-2H3. The molecule has 4 bridgehead atoms. The molecule has 0 fully saturated rings. The fourth-order valence-electron chi connectivity index (χ4n) is 3.30. The van der Waals surface area contributed by atoms with Crippen LogP contribution in [0.3, 0.4) is 0 Å². The summed E-state index contributed by atoms with van der Waals surface area (Å²) in [6, 6.07) is 11.2. The zero-order chi connectivity index (χ0) is 14.1. The largest absolute Gasteiger partial charge is 0.507 e. The molecule has 0 unspecified atom stereocenters. The van der Waals surface area contributed by atoms with E-state index in [1.807, 2.05) is 6.92 Å². The van der Waals surface area contributed by atoms with E-state index in [4.69, 9.17) is 0 Å². The Balaban J connectivity index is 2.07. The predicted molar refractivity (Wildman–Crippen MR) is 83.5 cm³/mol. The number of aromatic hydroxyl groups is 1. The maximum Gasteiger partial charge on any atom is 0.121 e. The van der Waals surface area contributed by atoms with Crippen molar-refractivity contribution in [3.05, 3.63) is 63.7 Å². The Morgan fingerprint density at radius 1 is 0.800 bits per heavy atom.